The molecule has 6 nitrogen and oxygen atoms in total. The lowest BCUT2D eigenvalue weighted by Gasteiger charge is -2.30. The average molecular weight is 452 g/mol. The maximum atomic E-state index is 12.5. The standard InChI is InChI=1S/C20H19Cl2N3O3S/c1-27-18-8-12(4-5-15(18)22)24-29-25-9-14(20(26)28-2)19-13-7-11(21)3-6-16(13)23-17(19)10-25/h3-8,14,23-24H,9-10H2,1-2H3. The van der Waals surface area contributed by atoms with E-state index in [0.29, 0.717) is 28.9 Å². The molecule has 0 bridgehead atoms. The number of nitrogens with one attached hydrogen (secondary N) is 2. The molecule has 3 aromatic rings. The molecule has 1 aromatic heterocycles. The van der Waals surface area contributed by atoms with E-state index in [1.54, 1.807) is 13.2 Å². The third-order valence-corrected chi connectivity index (χ3v) is 6.29. The van der Waals surface area contributed by atoms with Gasteiger partial charge in [-0.05, 0) is 35.9 Å². The highest BCUT2D eigenvalue weighted by Gasteiger charge is 2.35. The van der Waals surface area contributed by atoms with Gasteiger partial charge in [0.2, 0.25) is 0 Å². The number of H-pyrrole nitrogens is 1. The fourth-order valence-electron chi connectivity index (χ4n) is 3.54. The van der Waals surface area contributed by atoms with Crippen molar-refractivity contribution >= 4 is 57.9 Å². The third kappa shape index (κ3) is 4.00. The minimum atomic E-state index is -0.412. The van der Waals surface area contributed by atoms with Crippen LogP contribution in [0, 0.1) is 0 Å². The Balaban J connectivity index is 1.60. The van der Waals surface area contributed by atoms with Gasteiger partial charge in [0.15, 0.2) is 0 Å². The Hall–Kier alpha value is -2.06. The Labute approximate surface area is 182 Å². The lowest BCUT2D eigenvalue weighted by molar-refractivity contribution is -0.142. The zero-order valence-electron chi connectivity index (χ0n) is 15.8. The molecule has 1 atom stereocenters. The van der Waals surface area contributed by atoms with E-state index in [9.17, 15) is 4.79 Å². The highest BCUT2D eigenvalue weighted by Crippen LogP contribution is 2.39. The van der Waals surface area contributed by atoms with E-state index in [1.165, 1.54) is 19.2 Å². The van der Waals surface area contributed by atoms with Crippen molar-refractivity contribution in [1.29, 1.82) is 0 Å². The summed E-state index contributed by atoms with van der Waals surface area (Å²) in [5.74, 6) is -0.0891. The average Bonchev–Trinajstić information content (AvgIpc) is 3.09. The summed E-state index contributed by atoms with van der Waals surface area (Å²) < 4.78 is 15.7. The fourth-order valence-corrected chi connectivity index (χ4v) is 4.69. The maximum absolute atomic E-state index is 12.5. The molecule has 152 valence electrons. The molecule has 0 aliphatic carbocycles. The first-order valence-electron chi connectivity index (χ1n) is 8.89. The molecule has 2 heterocycles. The number of carbonyl (C=O) groups excluding carboxylic acids is 1. The molecule has 1 aliphatic heterocycles. The highest BCUT2D eigenvalue weighted by molar-refractivity contribution is 7.98. The number of anilines is 1. The van der Waals surface area contributed by atoms with Gasteiger partial charge < -0.3 is 19.2 Å². The van der Waals surface area contributed by atoms with Crippen LogP contribution in [0.1, 0.15) is 17.2 Å². The molecule has 4 rings (SSSR count). The number of fused-ring (bicyclic) bond motifs is 3. The number of rotatable bonds is 5. The Kier molecular flexibility index (Phi) is 5.83. The van der Waals surface area contributed by atoms with Crippen molar-refractivity contribution in [2.45, 2.75) is 12.5 Å². The lowest BCUT2D eigenvalue weighted by atomic mass is 9.93. The van der Waals surface area contributed by atoms with Crippen LogP contribution in [0.2, 0.25) is 10.0 Å². The second-order valence-corrected chi connectivity index (χ2v) is 8.39. The smallest absolute Gasteiger partial charge is 0.314 e. The van der Waals surface area contributed by atoms with Crippen molar-refractivity contribution in [1.82, 2.24) is 9.29 Å². The Morgan fingerprint density at radius 1 is 1.24 bits per heavy atom. The number of halogens is 2. The summed E-state index contributed by atoms with van der Waals surface area (Å²) in [4.78, 5) is 16.0. The van der Waals surface area contributed by atoms with Crippen molar-refractivity contribution in [3.63, 3.8) is 0 Å². The van der Waals surface area contributed by atoms with Crippen LogP contribution in [0.15, 0.2) is 36.4 Å². The minimum absolute atomic E-state index is 0.273. The van der Waals surface area contributed by atoms with E-state index in [-0.39, 0.29) is 5.97 Å². The van der Waals surface area contributed by atoms with Crippen LogP contribution < -0.4 is 9.46 Å². The lowest BCUT2D eigenvalue weighted by Crippen LogP contribution is -2.34. The van der Waals surface area contributed by atoms with Crippen LogP contribution in [-0.4, -0.2) is 36.0 Å². The van der Waals surface area contributed by atoms with Gasteiger partial charge in [0.05, 0.1) is 31.7 Å². The van der Waals surface area contributed by atoms with Gasteiger partial charge >= 0.3 is 5.97 Å². The maximum Gasteiger partial charge on any atom is 0.314 e. The van der Waals surface area contributed by atoms with Crippen LogP contribution in [0.4, 0.5) is 5.69 Å². The molecular formula is C20H19Cl2N3O3S. The van der Waals surface area contributed by atoms with Gasteiger partial charge in [0, 0.05) is 52.1 Å². The normalized spacial score (nSPS) is 16.5. The van der Waals surface area contributed by atoms with Crippen LogP contribution in [-0.2, 0) is 16.1 Å². The summed E-state index contributed by atoms with van der Waals surface area (Å²) in [6, 6.07) is 11.1. The predicted octanol–water partition coefficient (Wildman–Crippen LogP) is 5.23. The number of methoxy groups -OCH3 is 2. The van der Waals surface area contributed by atoms with Crippen molar-refractivity contribution in [3.05, 3.63) is 57.7 Å². The SMILES string of the molecule is COC(=O)C1CN(SNc2ccc(Cl)c(OC)c2)Cc2[nH]c3ccc(Cl)cc3c21. The molecule has 1 unspecified atom stereocenters. The van der Waals surface area contributed by atoms with E-state index in [4.69, 9.17) is 32.7 Å². The zero-order chi connectivity index (χ0) is 20.5. The topological polar surface area (TPSA) is 66.6 Å². The predicted molar refractivity (Wildman–Crippen MR) is 118 cm³/mol. The van der Waals surface area contributed by atoms with E-state index in [1.807, 2.05) is 30.3 Å². The van der Waals surface area contributed by atoms with E-state index < -0.39 is 5.92 Å². The molecule has 2 N–H and O–H groups in total. The molecule has 0 spiro atoms. The minimum Gasteiger partial charge on any atom is -0.495 e. The zero-order valence-corrected chi connectivity index (χ0v) is 18.1. The summed E-state index contributed by atoms with van der Waals surface area (Å²) in [7, 11) is 2.99. The van der Waals surface area contributed by atoms with E-state index >= 15 is 0 Å². The first kappa shape index (κ1) is 20.2. The molecule has 0 radical (unpaired) electrons. The molecular weight excluding hydrogens is 433 g/mol. The number of hydrogen-bond acceptors (Lipinski definition) is 6. The fraction of sp³-hybridized carbons (Fsp3) is 0.250. The number of aromatic amines is 1. The third-order valence-electron chi connectivity index (χ3n) is 4.88. The number of ether oxygens (including phenoxy) is 2. The molecule has 0 saturated carbocycles. The van der Waals surface area contributed by atoms with Crippen LogP contribution in [0.5, 0.6) is 5.75 Å². The van der Waals surface area contributed by atoms with Gasteiger partial charge in [0.1, 0.15) is 5.75 Å². The first-order chi connectivity index (χ1) is 14.0. The highest BCUT2D eigenvalue weighted by atomic mass is 35.5. The Bertz CT molecular complexity index is 1070. The molecule has 2 aromatic carbocycles. The molecule has 29 heavy (non-hydrogen) atoms. The second kappa shape index (κ2) is 8.36. The van der Waals surface area contributed by atoms with Gasteiger partial charge in [-0.15, -0.1) is 0 Å². The number of hydrogen-bond donors (Lipinski definition) is 2. The summed E-state index contributed by atoms with van der Waals surface area (Å²) in [5, 5.41) is 2.15. The quantitative estimate of drug-likeness (QED) is 0.408. The van der Waals surface area contributed by atoms with E-state index in [2.05, 4.69) is 14.0 Å². The van der Waals surface area contributed by atoms with Gasteiger partial charge in [0.25, 0.3) is 0 Å². The Morgan fingerprint density at radius 2 is 2.07 bits per heavy atom. The Morgan fingerprint density at radius 3 is 2.83 bits per heavy atom. The van der Waals surface area contributed by atoms with Gasteiger partial charge in [-0.2, -0.15) is 0 Å². The molecule has 0 amide bonds. The van der Waals surface area contributed by atoms with Gasteiger partial charge in [-0.1, -0.05) is 23.2 Å². The van der Waals surface area contributed by atoms with Gasteiger partial charge in [-0.3, -0.25) is 4.79 Å². The number of esters is 1. The van der Waals surface area contributed by atoms with Crippen LogP contribution in [0.25, 0.3) is 10.9 Å². The van der Waals surface area contributed by atoms with Gasteiger partial charge in [-0.25, -0.2) is 4.31 Å². The molecule has 0 fully saturated rings. The van der Waals surface area contributed by atoms with Crippen LogP contribution in [0.3, 0.4) is 0 Å². The molecule has 0 saturated heterocycles. The second-order valence-electron chi connectivity index (χ2n) is 6.65. The number of aromatic nitrogens is 1. The van der Waals surface area contributed by atoms with Crippen molar-refractivity contribution in [2.24, 2.45) is 0 Å². The number of nitrogens with zero attached hydrogens (tertiary/aromatic N) is 1. The van der Waals surface area contributed by atoms with Crippen LogP contribution >= 0.6 is 35.3 Å². The summed E-state index contributed by atoms with van der Waals surface area (Å²) in [5.41, 5.74) is 3.74. The summed E-state index contributed by atoms with van der Waals surface area (Å²) in [6.07, 6.45) is 0. The summed E-state index contributed by atoms with van der Waals surface area (Å²) >= 11 is 13.7. The monoisotopic (exact) mass is 451 g/mol. The van der Waals surface area contributed by atoms with Crippen molar-refractivity contribution in [3.8, 4) is 5.75 Å². The van der Waals surface area contributed by atoms with E-state index in [0.717, 1.165) is 27.8 Å². The molecule has 9 heteroatoms. The number of carbonyl (C=O) groups is 1. The first-order valence-corrected chi connectivity index (χ1v) is 10.4. The molecule has 1 aliphatic rings. The largest absolute Gasteiger partial charge is 0.495 e. The number of benzene rings is 2. The van der Waals surface area contributed by atoms with Crippen molar-refractivity contribution in [2.75, 3.05) is 25.5 Å². The summed E-state index contributed by atoms with van der Waals surface area (Å²) in [6.45, 7) is 1.14. The van der Waals surface area contributed by atoms with Crippen molar-refractivity contribution < 1.29 is 14.3 Å².